The van der Waals surface area contributed by atoms with Gasteiger partial charge in [0.05, 0.1) is 23.3 Å². The molecule has 5 N–H and O–H groups in total. The third kappa shape index (κ3) is 3.52. The number of imidazole rings is 2. The molecule has 0 aliphatic carbocycles. The third-order valence-corrected chi connectivity index (χ3v) is 5.62. The van der Waals surface area contributed by atoms with Crippen LogP contribution in [0.1, 0.15) is 23.7 Å². The number of nitrogens with one attached hydrogen (secondary N) is 1. The summed E-state index contributed by atoms with van der Waals surface area (Å²) in [4.78, 5) is 17.0. The first-order chi connectivity index (χ1) is 15.5. The van der Waals surface area contributed by atoms with E-state index in [0.29, 0.717) is 23.2 Å². The minimum Gasteiger partial charge on any atom is -0.381 e. The van der Waals surface area contributed by atoms with Crippen LogP contribution in [0, 0.1) is 6.92 Å². The van der Waals surface area contributed by atoms with Crippen LogP contribution in [-0.2, 0) is 7.05 Å². The summed E-state index contributed by atoms with van der Waals surface area (Å²) in [6, 6.07) is 0. The van der Waals surface area contributed by atoms with Crippen LogP contribution in [0.2, 0.25) is 0 Å². The molecule has 6 rings (SSSR count). The van der Waals surface area contributed by atoms with Crippen molar-refractivity contribution in [2.24, 2.45) is 7.05 Å². The van der Waals surface area contributed by atoms with E-state index in [1.165, 1.54) is 0 Å². The van der Waals surface area contributed by atoms with Gasteiger partial charge in [0, 0.05) is 62.3 Å². The Labute approximate surface area is 184 Å². The Morgan fingerprint density at radius 3 is 2.50 bits per heavy atom. The summed E-state index contributed by atoms with van der Waals surface area (Å²) in [5.74, 6) is 1.45. The molecule has 164 valence electrons. The highest BCUT2D eigenvalue weighted by Gasteiger charge is 2.20. The number of fused-ring (bicyclic) bond motifs is 2. The molecule has 0 radical (unpaired) electrons. The van der Waals surface area contributed by atoms with Gasteiger partial charge in [0.25, 0.3) is 0 Å². The lowest BCUT2D eigenvalue weighted by molar-refractivity contribution is 0.742. The van der Waals surface area contributed by atoms with E-state index in [0.717, 1.165) is 47.8 Å². The minimum absolute atomic E-state index is 0.436. The van der Waals surface area contributed by atoms with Gasteiger partial charge in [-0.05, 0) is 19.9 Å². The van der Waals surface area contributed by atoms with Crippen LogP contribution < -0.4 is 16.8 Å². The fraction of sp³-hybridized carbons (Fsp3) is 0.286. The van der Waals surface area contributed by atoms with Crippen molar-refractivity contribution >= 4 is 22.9 Å². The molecule has 6 heterocycles. The van der Waals surface area contributed by atoms with Crippen molar-refractivity contribution in [3.05, 3.63) is 54.8 Å². The van der Waals surface area contributed by atoms with Crippen LogP contribution in [0.15, 0.2) is 43.4 Å². The second-order valence-electron chi connectivity index (χ2n) is 7.85. The molecule has 0 spiro atoms. The average molecular weight is 432 g/mol. The Morgan fingerprint density at radius 2 is 1.81 bits per heavy atom. The summed E-state index contributed by atoms with van der Waals surface area (Å²) in [5, 5.41) is 7.51. The summed E-state index contributed by atoms with van der Waals surface area (Å²) in [5.41, 5.74) is 17.1. The van der Waals surface area contributed by atoms with E-state index in [-0.39, 0.29) is 0 Å². The van der Waals surface area contributed by atoms with E-state index in [9.17, 15) is 0 Å². The summed E-state index contributed by atoms with van der Waals surface area (Å²) < 4.78 is 5.64. The Balaban J connectivity index is 0.000000136. The summed E-state index contributed by atoms with van der Waals surface area (Å²) in [7, 11) is 1.89. The van der Waals surface area contributed by atoms with Crippen LogP contribution in [0.25, 0.3) is 22.6 Å². The quantitative estimate of drug-likeness (QED) is 0.381. The van der Waals surface area contributed by atoms with Crippen molar-refractivity contribution in [3.63, 3.8) is 0 Å². The number of nitrogens with two attached hydrogens (primary N) is 2. The van der Waals surface area contributed by atoms with Gasteiger partial charge in [0.15, 0.2) is 22.9 Å². The molecule has 5 aromatic rings. The number of aromatic nitrogens is 8. The number of aryl methyl sites for hydroxylation is 2. The highest BCUT2D eigenvalue weighted by atomic mass is 15.2. The lowest BCUT2D eigenvalue weighted by Crippen LogP contribution is -2.08. The molecule has 1 aliphatic heterocycles. The topological polar surface area (TPSA) is 142 Å². The molecule has 0 amide bonds. The zero-order chi connectivity index (χ0) is 22.2. The molecule has 11 nitrogen and oxygen atoms in total. The average Bonchev–Trinajstić information content (AvgIpc) is 3.54. The maximum atomic E-state index is 5.81. The van der Waals surface area contributed by atoms with Gasteiger partial charge in [0.1, 0.15) is 0 Å². The first-order valence-corrected chi connectivity index (χ1v) is 10.4. The van der Waals surface area contributed by atoms with E-state index < -0.39 is 0 Å². The van der Waals surface area contributed by atoms with Crippen molar-refractivity contribution in [2.75, 3.05) is 24.6 Å². The standard InChI is InChI=1S/C11H12N6.C10H13N5/c1-7-9(8-5-14-16(2)6-8)17-4-3-13-10(12)11(17)15-7;11-9-10-14-8(7-1-2-12-5-7)6-15(10)4-3-13-9/h3-6H,1-2H3,(H2,12,13);3-4,6-7,12H,1-2,5H2,(H2,11,13). The van der Waals surface area contributed by atoms with E-state index in [1.54, 1.807) is 17.1 Å². The van der Waals surface area contributed by atoms with E-state index >= 15 is 0 Å². The lowest BCUT2D eigenvalue weighted by atomic mass is 10.1. The molecular formula is C21H25N11. The predicted molar refractivity (Wildman–Crippen MR) is 122 cm³/mol. The van der Waals surface area contributed by atoms with Gasteiger partial charge in [-0.3, -0.25) is 9.08 Å². The lowest BCUT2D eigenvalue weighted by Gasteiger charge is -2.01. The molecule has 1 atom stereocenters. The zero-order valence-corrected chi connectivity index (χ0v) is 18.0. The molecule has 32 heavy (non-hydrogen) atoms. The van der Waals surface area contributed by atoms with Gasteiger partial charge < -0.3 is 21.2 Å². The first kappa shape index (κ1) is 19.9. The number of nitrogens with zero attached hydrogens (tertiary/aromatic N) is 8. The molecule has 0 aromatic carbocycles. The van der Waals surface area contributed by atoms with E-state index in [1.807, 2.05) is 53.8 Å². The van der Waals surface area contributed by atoms with Crippen molar-refractivity contribution in [3.8, 4) is 11.3 Å². The third-order valence-electron chi connectivity index (χ3n) is 5.62. The normalized spacial score (nSPS) is 15.9. The fourth-order valence-electron chi connectivity index (χ4n) is 4.06. The summed E-state index contributed by atoms with van der Waals surface area (Å²) >= 11 is 0. The van der Waals surface area contributed by atoms with Crippen LogP contribution in [0.4, 0.5) is 11.6 Å². The Kier molecular flexibility index (Phi) is 4.94. The van der Waals surface area contributed by atoms with Gasteiger partial charge in [0.2, 0.25) is 0 Å². The Bertz CT molecular complexity index is 1390. The van der Waals surface area contributed by atoms with E-state index in [4.69, 9.17) is 11.5 Å². The molecule has 1 fully saturated rings. The molecule has 11 heteroatoms. The number of hydrogen-bond donors (Lipinski definition) is 3. The largest absolute Gasteiger partial charge is 0.381 e. The predicted octanol–water partition coefficient (Wildman–Crippen LogP) is 1.41. The number of anilines is 2. The van der Waals surface area contributed by atoms with E-state index in [2.05, 4.69) is 30.4 Å². The van der Waals surface area contributed by atoms with Crippen LogP contribution in [-0.4, -0.2) is 51.6 Å². The van der Waals surface area contributed by atoms with Crippen molar-refractivity contribution in [1.29, 1.82) is 0 Å². The zero-order valence-electron chi connectivity index (χ0n) is 18.0. The number of rotatable bonds is 2. The molecule has 1 saturated heterocycles. The second kappa shape index (κ2) is 7.93. The Hall–Kier alpha value is -3.99. The monoisotopic (exact) mass is 431 g/mol. The maximum absolute atomic E-state index is 5.81. The first-order valence-electron chi connectivity index (χ1n) is 10.4. The van der Waals surface area contributed by atoms with Crippen LogP contribution in [0.5, 0.6) is 0 Å². The van der Waals surface area contributed by atoms with Gasteiger partial charge in [-0.15, -0.1) is 0 Å². The summed E-state index contributed by atoms with van der Waals surface area (Å²) in [6.07, 6.45) is 14.1. The fourth-order valence-corrected chi connectivity index (χ4v) is 4.06. The number of hydrogen-bond acceptors (Lipinski definition) is 8. The molecule has 1 aliphatic rings. The molecule has 5 aromatic heterocycles. The second-order valence-corrected chi connectivity index (χ2v) is 7.85. The SMILES string of the molecule is Cc1nc2c(N)nccn2c1-c1cnn(C)c1.Nc1nccn2cc(C3CCNC3)nc12. The van der Waals surface area contributed by atoms with Crippen LogP contribution in [0.3, 0.4) is 0 Å². The van der Waals surface area contributed by atoms with Gasteiger partial charge in [-0.2, -0.15) is 5.10 Å². The number of nitrogen functional groups attached to an aromatic ring is 2. The Morgan fingerprint density at radius 1 is 1.03 bits per heavy atom. The molecular weight excluding hydrogens is 406 g/mol. The van der Waals surface area contributed by atoms with Gasteiger partial charge in [-0.25, -0.2) is 19.9 Å². The van der Waals surface area contributed by atoms with Crippen LogP contribution >= 0.6 is 0 Å². The van der Waals surface area contributed by atoms with Crippen molar-refractivity contribution in [2.45, 2.75) is 19.3 Å². The smallest absolute Gasteiger partial charge is 0.180 e. The highest BCUT2D eigenvalue weighted by Crippen LogP contribution is 2.25. The molecule has 0 saturated carbocycles. The van der Waals surface area contributed by atoms with Crippen molar-refractivity contribution < 1.29 is 0 Å². The van der Waals surface area contributed by atoms with Crippen molar-refractivity contribution in [1.82, 2.24) is 43.8 Å². The maximum Gasteiger partial charge on any atom is 0.180 e. The molecule has 1 unspecified atom stereocenters. The minimum atomic E-state index is 0.436. The molecule has 0 bridgehead atoms. The van der Waals surface area contributed by atoms with Gasteiger partial charge in [-0.1, -0.05) is 0 Å². The summed E-state index contributed by atoms with van der Waals surface area (Å²) in [6.45, 7) is 4.04. The van der Waals surface area contributed by atoms with Gasteiger partial charge >= 0.3 is 0 Å². The highest BCUT2D eigenvalue weighted by molar-refractivity contribution is 5.71.